The third-order valence-electron chi connectivity index (χ3n) is 10.8. The van der Waals surface area contributed by atoms with E-state index >= 15 is 0 Å². The van der Waals surface area contributed by atoms with Crippen molar-refractivity contribution in [1.29, 1.82) is 0 Å². The minimum absolute atomic E-state index is 0.0237. The summed E-state index contributed by atoms with van der Waals surface area (Å²) in [7, 11) is 0. The molecule has 2 nitrogen and oxygen atoms in total. The maximum atomic E-state index is 3.86. The molecule has 53 heavy (non-hydrogen) atoms. The first-order valence-corrected chi connectivity index (χ1v) is 19.0. The van der Waals surface area contributed by atoms with E-state index in [1.165, 1.54) is 76.6 Å². The fourth-order valence-electron chi connectivity index (χ4n) is 7.74. The molecule has 0 atom stereocenters. The molecule has 264 valence electrons. The second kappa shape index (κ2) is 16.2. The zero-order valence-electron chi connectivity index (χ0n) is 31.4. The van der Waals surface area contributed by atoms with Gasteiger partial charge in [-0.3, -0.25) is 0 Å². The van der Waals surface area contributed by atoms with Gasteiger partial charge in [0, 0.05) is 34.4 Å². The highest BCUT2D eigenvalue weighted by Gasteiger charge is 2.35. The highest BCUT2D eigenvalue weighted by atomic mass is 15.1. The van der Waals surface area contributed by atoms with Crippen molar-refractivity contribution in [3.63, 3.8) is 0 Å². The van der Waals surface area contributed by atoms with E-state index in [9.17, 15) is 0 Å². The van der Waals surface area contributed by atoms with Crippen molar-refractivity contribution in [1.82, 2.24) is 0 Å². The van der Waals surface area contributed by atoms with E-state index in [-0.39, 0.29) is 5.41 Å². The Hall–Kier alpha value is -5.86. The first-order valence-electron chi connectivity index (χ1n) is 19.0. The van der Waals surface area contributed by atoms with E-state index in [1.807, 2.05) is 12.2 Å². The lowest BCUT2D eigenvalue weighted by atomic mass is 9.65. The number of benzene rings is 6. The van der Waals surface area contributed by atoms with Crippen LogP contribution in [0.25, 0.3) is 22.3 Å². The molecule has 0 radical (unpaired) electrons. The van der Waals surface area contributed by atoms with Crippen LogP contribution in [0.5, 0.6) is 0 Å². The van der Waals surface area contributed by atoms with Crippen LogP contribution in [0, 0.1) is 13.8 Å². The van der Waals surface area contributed by atoms with Crippen LogP contribution in [-0.4, -0.2) is 0 Å². The molecule has 6 aromatic rings. The molecule has 1 fully saturated rings. The molecule has 1 saturated carbocycles. The summed E-state index contributed by atoms with van der Waals surface area (Å²) in [5, 5.41) is 3.57. The number of hydrogen-bond donors (Lipinski definition) is 1. The molecule has 0 saturated heterocycles. The van der Waals surface area contributed by atoms with Crippen molar-refractivity contribution < 1.29 is 0 Å². The molecule has 1 aliphatic rings. The number of allylic oxidation sites excluding steroid dienone is 4. The smallest absolute Gasteiger partial charge is 0.0461 e. The van der Waals surface area contributed by atoms with Gasteiger partial charge in [0.15, 0.2) is 0 Å². The van der Waals surface area contributed by atoms with Gasteiger partial charge in [0.2, 0.25) is 0 Å². The summed E-state index contributed by atoms with van der Waals surface area (Å²) in [6, 6.07) is 53.7. The molecular formula is C51H50N2. The fraction of sp³-hybridized carbons (Fsp3) is 0.176. The van der Waals surface area contributed by atoms with Crippen LogP contribution < -0.4 is 10.2 Å². The Balaban J connectivity index is 1.15. The lowest BCUT2D eigenvalue weighted by Crippen LogP contribution is -2.30. The predicted molar refractivity (Wildman–Crippen MR) is 228 cm³/mol. The number of anilines is 4. The standard InChI is InChI=1S/C51H50N2/c1-5-11-38(2)32-35-53(49-30-18-40(4)19-31-49)50-15-10-13-44(37-50)42-22-26-46(27-23-42)51(33-7-6-8-34-51)45-24-20-41(21-25-45)43-12-9-14-48(36-43)52-47-28-16-39(3)17-29-47/h5,9-32,35-37,52H,1,6-8,33-34H2,2-4H3/b35-32-,38-11-. The van der Waals surface area contributed by atoms with Gasteiger partial charge in [-0.25, -0.2) is 0 Å². The van der Waals surface area contributed by atoms with E-state index < -0.39 is 0 Å². The molecule has 0 aromatic heterocycles. The molecule has 0 aliphatic heterocycles. The van der Waals surface area contributed by atoms with Crippen LogP contribution in [0.3, 0.4) is 0 Å². The second-order valence-corrected chi connectivity index (χ2v) is 14.6. The van der Waals surface area contributed by atoms with Crippen molar-refractivity contribution in [2.45, 2.75) is 58.3 Å². The molecular weight excluding hydrogens is 641 g/mol. The molecule has 0 spiro atoms. The van der Waals surface area contributed by atoms with Gasteiger partial charge in [-0.05, 0) is 127 Å². The summed E-state index contributed by atoms with van der Waals surface area (Å²) in [5.74, 6) is 0. The van der Waals surface area contributed by atoms with Gasteiger partial charge in [0.25, 0.3) is 0 Å². The summed E-state index contributed by atoms with van der Waals surface area (Å²) >= 11 is 0. The summed E-state index contributed by atoms with van der Waals surface area (Å²) in [6.07, 6.45) is 14.3. The minimum Gasteiger partial charge on any atom is -0.356 e. The fourth-order valence-corrected chi connectivity index (χ4v) is 7.74. The van der Waals surface area contributed by atoms with Crippen LogP contribution in [-0.2, 0) is 5.41 Å². The van der Waals surface area contributed by atoms with E-state index in [0.29, 0.717) is 0 Å². The van der Waals surface area contributed by atoms with Gasteiger partial charge >= 0.3 is 0 Å². The minimum atomic E-state index is 0.0237. The monoisotopic (exact) mass is 690 g/mol. The average molecular weight is 691 g/mol. The number of nitrogens with one attached hydrogen (secondary N) is 1. The topological polar surface area (TPSA) is 15.3 Å². The van der Waals surface area contributed by atoms with Crippen LogP contribution in [0.15, 0.2) is 182 Å². The molecule has 1 N–H and O–H groups in total. The van der Waals surface area contributed by atoms with Crippen molar-refractivity contribution in [3.8, 4) is 22.3 Å². The Morgan fingerprint density at radius 1 is 0.585 bits per heavy atom. The number of nitrogens with zero attached hydrogens (tertiary/aromatic N) is 1. The third kappa shape index (κ3) is 8.29. The lowest BCUT2D eigenvalue weighted by molar-refractivity contribution is 0.346. The largest absolute Gasteiger partial charge is 0.356 e. The predicted octanol–water partition coefficient (Wildman–Crippen LogP) is 14.4. The first kappa shape index (κ1) is 35.5. The van der Waals surface area contributed by atoms with Gasteiger partial charge in [-0.2, -0.15) is 0 Å². The summed E-state index contributed by atoms with van der Waals surface area (Å²) in [5.41, 5.74) is 15.9. The Bertz CT molecular complexity index is 2200. The van der Waals surface area contributed by atoms with E-state index in [4.69, 9.17) is 0 Å². The van der Waals surface area contributed by atoms with Crippen LogP contribution >= 0.6 is 0 Å². The van der Waals surface area contributed by atoms with Crippen molar-refractivity contribution in [2.24, 2.45) is 0 Å². The Morgan fingerprint density at radius 3 is 1.75 bits per heavy atom. The first-order chi connectivity index (χ1) is 25.9. The number of hydrogen-bond acceptors (Lipinski definition) is 2. The van der Waals surface area contributed by atoms with Gasteiger partial charge in [0.1, 0.15) is 0 Å². The number of rotatable bonds is 11. The van der Waals surface area contributed by atoms with Crippen molar-refractivity contribution in [2.75, 3.05) is 10.2 Å². The van der Waals surface area contributed by atoms with E-state index in [0.717, 1.165) is 28.3 Å². The van der Waals surface area contributed by atoms with Gasteiger partial charge in [-0.1, -0.05) is 146 Å². The Labute approximate surface area is 316 Å². The normalized spacial score (nSPS) is 14.2. The second-order valence-electron chi connectivity index (χ2n) is 14.6. The Morgan fingerprint density at radius 2 is 1.15 bits per heavy atom. The van der Waals surface area contributed by atoms with Crippen LogP contribution in [0.4, 0.5) is 22.7 Å². The summed E-state index contributed by atoms with van der Waals surface area (Å²) in [6.45, 7) is 10.2. The van der Waals surface area contributed by atoms with Gasteiger partial charge < -0.3 is 10.2 Å². The molecule has 0 amide bonds. The highest BCUT2D eigenvalue weighted by molar-refractivity contribution is 5.75. The van der Waals surface area contributed by atoms with Crippen LogP contribution in [0.2, 0.25) is 0 Å². The molecule has 2 heteroatoms. The summed E-state index contributed by atoms with van der Waals surface area (Å²) in [4.78, 5) is 2.26. The molecule has 0 bridgehead atoms. The zero-order valence-corrected chi connectivity index (χ0v) is 31.4. The average Bonchev–Trinajstić information content (AvgIpc) is 3.20. The highest BCUT2D eigenvalue weighted by Crippen LogP contribution is 2.46. The van der Waals surface area contributed by atoms with Crippen molar-refractivity contribution >= 4 is 22.7 Å². The van der Waals surface area contributed by atoms with Gasteiger partial charge in [0.05, 0.1) is 0 Å². The molecule has 0 heterocycles. The van der Waals surface area contributed by atoms with E-state index in [1.54, 1.807) is 0 Å². The molecule has 0 unspecified atom stereocenters. The van der Waals surface area contributed by atoms with E-state index in [2.05, 4.69) is 195 Å². The quantitative estimate of drug-likeness (QED) is 0.136. The Kier molecular flexibility index (Phi) is 10.9. The van der Waals surface area contributed by atoms with Crippen LogP contribution in [0.1, 0.15) is 61.3 Å². The zero-order chi connectivity index (χ0) is 36.6. The number of aryl methyl sites for hydroxylation is 2. The molecule has 6 aromatic carbocycles. The maximum absolute atomic E-state index is 3.86. The molecule has 7 rings (SSSR count). The lowest BCUT2D eigenvalue weighted by Gasteiger charge is -2.39. The third-order valence-corrected chi connectivity index (χ3v) is 10.8. The maximum Gasteiger partial charge on any atom is 0.0461 e. The van der Waals surface area contributed by atoms with Crippen molar-refractivity contribution in [3.05, 3.63) is 204 Å². The molecule has 1 aliphatic carbocycles. The summed E-state index contributed by atoms with van der Waals surface area (Å²) < 4.78 is 0. The SMILES string of the molecule is C=C/C=C(C)\C=C/N(c1ccc(C)cc1)c1cccc(-c2ccc(C3(c4ccc(-c5cccc(Nc6ccc(C)cc6)c5)cc4)CCCCC3)cc2)c1. The van der Waals surface area contributed by atoms with Gasteiger partial charge in [-0.15, -0.1) is 0 Å².